The first-order chi connectivity index (χ1) is 2.00. The minimum atomic E-state index is 1.50. The summed E-state index contributed by atoms with van der Waals surface area (Å²) in [6.07, 6.45) is 0. The van der Waals surface area contributed by atoms with Gasteiger partial charge in [0.2, 0.25) is 0 Å². The quantitative estimate of drug-likeness (QED) is 0.443. The number of rotatable bonds is 0. The molecule has 0 aliphatic heterocycles. The molecule has 1 unspecified atom stereocenters. The maximum atomic E-state index is 3.62. The number of hydrogen-bond donors (Lipinski definition) is 0. The summed E-state index contributed by atoms with van der Waals surface area (Å²) in [4.78, 5) is 0. The Kier molecular flexibility index (Phi) is 45.6. The van der Waals surface area contributed by atoms with Crippen LogP contribution in [0.2, 0.25) is 0 Å². The zero-order chi connectivity index (χ0) is 4.00. The van der Waals surface area contributed by atoms with Crippen molar-refractivity contribution in [1.29, 1.82) is 0 Å². The summed E-state index contributed by atoms with van der Waals surface area (Å²) in [5.74, 6) is 0. The maximum absolute atomic E-state index is 3.62. The van der Waals surface area contributed by atoms with Crippen molar-refractivity contribution in [2.45, 2.75) is 0 Å². The Morgan fingerprint density at radius 2 is 1.50 bits per heavy atom. The van der Waals surface area contributed by atoms with Gasteiger partial charge in [0.05, 0.1) is 0 Å². The van der Waals surface area contributed by atoms with Crippen LogP contribution in [-0.2, 0) is 47.3 Å². The molecule has 0 aromatic rings. The minimum absolute atomic E-state index is 1.50. The molecule has 0 aliphatic carbocycles. The molecule has 4 heavy (non-hydrogen) atoms. The fourth-order valence-corrected chi connectivity index (χ4v) is 0. The average Bonchev–Trinajstić information content (AvgIpc) is 1.50. The Morgan fingerprint density at radius 1 is 1.50 bits per heavy atom. The van der Waals surface area contributed by atoms with Gasteiger partial charge in [0.15, 0.2) is 0 Å². The summed E-state index contributed by atoms with van der Waals surface area (Å²) in [6, 6.07) is 0. The normalized spacial score (nSPS) is 3.00. The summed E-state index contributed by atoms with van der Waals surface area (Å²) in [5.41, 5.74) is 0. The second-order valence-electron chi connectivity index (χ2n) is 0. The van der Waals surface area contributed by atoms with Crippen LogP contribution < -0.4 is 0 Å². The predicted octanol–water partition coefficient (Wildman–Crippen LogP) is 0.318. The van der Waals surface area contributed by atoms with Crippen molar-refractivity contribution in [3.05, 3.63) is 0 Å². The van der Waals surface area contributed by atoms with E-state index in [4.69, 9.17) is 0 Å². The van der Waals surface area contributed by atoms with Gasteiger partial charge in [-0.05, 0) is 0 Å². The molecule has 0 heterocycles. The summed E-state index contributed by atoms with van der Waals surface area (Å²) < 4.78 is 0. The fraction of sp³-hybridized carbons (Fsp3) is 0. The van der Waals surface area contributed by atoms with Crippen molar-refractivity contribution < 1.29 is 47.3 Å². The van der Waals surface area contributed by atoms with Crippen LogP contribution in [0.15, 0.2) is 0 Å². The standard InChI is InChI=1S/Fe.Ni.H2P.W/h;;1H2;/q;;-1;+1. The van der Waals surface area contributed by atoms with Crippen molar-refractivity contribution in [3.63, 3.8) is 0 Å². The van der Waals surface area contributed by atoms with Gasteiger partial charge >= 0.3 is 54.6 Å². The van der Waals surface area contributed by atoms with Crippen molar-refractivity contribution in [3.8, 4) is 0 Å². The molecule has 0 saturated carbocycles. The summed E-state index contributed by atoms with van der Waals surface area (Å²) in [5, 5.41) is 0. The molecule has 1 atom stereocenters. The Balaban J connectivity index is 0. The van der Waals surface area contributed by atoms with Gasteiger partial charge in [-0.25, -0.2) is 0 Å². The molecule has 4 heteroatoms. The second kappa shape index (κ2) is 19.3. The van der Waals surface area contributed by atoms with Gasteiger partial charge in [-0.3, -0.25) is 0 Å². The Bertz CT molecular complexity index is 8.00. The van der Waals surface area contributed by atoms with E-state index in [1.807, 2.05) is 0 Å². The van der Waals surface area contributed by atoms with Crippen LogP contribution in [0, 0.1) is 0 Å². The third kappa shape index (κ3) is 8.92. The monoisotopic (exact) mass is 331 g/mol. The van der Waals surface area contributed by atoms with E-state index < -0.39 is 0 Å². The zero-order valence-corrected chi connectivity index (χ0v) is 7.84. The summed E-state index contributed by atoms with van der Waals surface area (Å²) >= 11 is 8.00. The fourth-order valence-electron chi connectivity index (χ4n) is 0. The first-order valence-corrected chi connectivity index (χ1v) is 7.69. The molecule has 0 rings (SSSR count). The van der Waals surface area contributed by atoms with Crippen LogP contribution in [-0.4, -0.2) is 0 Å². The van der Waals surface area contributed by atoms with E-state index >= 15 is 0 Å². The van der Waals surface area contributed by atoms with Gasteiger partial charge in [0.25, 0.3) is 0 Å². The van der Waals surface area contributed by atoms with E-state index in [9.17, 15) is 0 Å². The predicted molar refractivity (Wildman–Crippen MR) is 9.71 cm³/mol. The average molecular weight is 331 g/mol. The topological polar surface area (TPSA) is 0 Å². The van der Waals surface area contributed by atoms with E-state index in [1.165, 1.54) is 19.3 Å². The van der Waals surface area contributed by atoms with Gasteiger partial charge in [0, 0.05) is 0 Å². The Hall–Kier alpha value is 2.13. The van der Waals surface area contributed by atoms with E-state index in [0.29, 0.717) is 0 Å². The van der Waals surface area contributed by atoms with Gasteiger partial charge in [-0.2, -0.15) is 0 Å². The summed E-state index contributed by atoms with van der Waals surface area (Å²) in [6.45, 7) is 0. The van der Waals surface area contributed by atoms with Crippen molar-refractivity contribution in [1.82, 2.24) is 0 Å². The molecule has 0 amide bonds. The van der Waals surface area contributed by atoms with Crippen LogP contribution >= 0.6 is 7.33 Å². The van der Waals surface area contributed by atoms with Gasteiger partial charge < -0.3 is 0 Å². The molecular weight excluding hydrogens is 329 g/mol. The van der Waals surface area contributed by atoms with E-state index in [-0.39, 0.29) is 0 Å². The van der Waals surface area contributed by atoms with Crippen molar-refractivity contribution >= 4 is 7.33 Å². The zero-order valence-electron chi connectivity index (χ0n) is 1.66. The molecule has 0 fully saturated rings. The third-order valence-electron chi connectivity index (χ3n) is 0. The molecule has 0 spiro atoms. The Labute approximate surface area is 54.2 Å². The molecule has 0 radical (unpaired) electrons. The second-order valence-corrected chi connectivity index (χ2v) is 0. The molecule has 0 aromatic heterocycles. The van der Waals surface area contributed by atoms with Gasteiger partial charge in [0.1, 0.15) is 0 Å². The molecule has 0 aromatic carbocycles. The van der Waals surface area contributed by atoms with E-state index in [0.717, 1.165) is 0 Å². The number of hydrogen-bond acceptors (Lipinski definition) is 0. The third-order valence-corrected chi connectivity index (χ3v) is 0. The van der Waals surface area contributed by atoms with Crippen LogP contribution in [0.25, 0.3) is 0 Å². The molecule has 31 valence electrons. The van der Waals surface area contributed by atoms with Crippen molar-refractivity contribution in [2.24, 2.45) is 0 Å². The first-order valence-electron chi connectivity index (χ1n) is 0.348. The molecule has 0 aliphatic rings. The van der Waals surface area contributed by atoms with Crippen LogP contribution in [0.1, 0.15) is 0 Å². The molecular formula is H2FeNiPW. The van der Waals surface area contributed by atoms with E-state index in [2.05, 4.69) is 35.3 Å². The molecule has 0 bridgehead atoms. The van der Waals surface area contributed by atoms with Gasteiger partial charge in [-0.1, -0.05) is 0 Å². The van der Waals surface area contributed by atoms with Crippen LogP contribution in [0.4, 0.5) is 0 Å². The Morgan fingerprint density at radius 3 is 1.50 bits per heavy atom. The molecule has 0 N–H and O–H groups in total. The van der Waals surface area contributed by atoms with E-state index in [1.54, 1.807) is 0 Å². The SMILES string of the molecule is [Fe][Ni].[PH2][W]. The summed E-state index contributed by atoms with van der Waals surface area (Å²) in [7, 11) is 2.50. The van der Waals surface area contributed by atoms with Gasteiger partial charge in [-0.15, -0.1) is 0 Å². The molecule has 0 nitrogen and oxygen atoms in total. The molecule has 0 saturated heterocycles. The van der Waals surface area contributed by atoms with Crippen molar-refractivity contribution in [2.75, 3.05) is 0 Å². The van der Waals surface area contributed by atoms with Crippen LogP contribution in [0.5, 0.6) is 0 Å². The first kappa shape index (κ1) is 9.46. The van der Waals surface area contributed by atoms with Crippen LogP contribution in [0.3, 0.4) is 0 Å².